The van der Waals surface area contributed by atoms with Crippen LogP contribution in [0, 0.1) is 13.8 Å². The molecule has 0 aromatic carbocycles. The number of hydrogen-bond donors (Lipinski definition) is 1. The second kappa shape index (κ2) is 4.43. The number of aromatic nitrogens is 3. The molecule has 3 heterocycles. The molecule has 0 saturated carbocycles. The third-order valence-corrected chi connectivity index (χ3v) is 4.37. The van der Waals surface area contributed by atoms with E-state index in [0.717, 1.165) is 21.3 Å². The molecule has 0 radical (unpaired) electrons. The number of nitrogen functional groups attached to an aromatic ring is 1. The molecule has 96 valence electrons. The van der Waals surface area contributed by atoms with Crippen LogP contribution in [-0.4, -0.2) is 15.0 Å². The fraction of sp³-hybridized carbons (Fsp3) is 0.154. The van der Waals surface area contributed by atoms with Crippen molar-refractivity contribution in [1.29, 1.82) is 0 Å². The van der Waals surface area contributed by atoms with Crippen LogP contribution in [0.4, 0.5) is 5.82 Å². The van der Waals surface area contributed by atoms with Crippen LogP contribution in [0.2, 0.25) is 5.15 Å². The van der Waals surface area contributed by atoms with Crippen LogP contribution in [0.1, 0.15) is 10.4 Å². The summed E-state index contributed by atoms with van der Waals surface area (Å²) in [7, 11) is 0. The van der Waals surface area contributed by atoms with Crippen molar-refractivity contribution in [1.82, 2.24) is 15.0 Å². The number of thiophene rings is 1. The molecular weight excluding hydrogens is 280 g/mol. The summed E-state index contributed by atoms with van der Waals surface area (Å²) in [4.78, 5) is 15.1. The predicted molar refractivity (Wildman–Crippen MR) is 79.5 cm³/mol. The fourth-order valence-electron chi connectivity index (χ4n) is 1.92. The highest BCUT2D eigenvalue weighted by molar-refractivity contribution is 7.18. The van der Waals surface area contributed by atoms with E-state index in [1.807, 2.05) is 13.0 Å². The van der Waals surface area contributed by atoms with Gasteiger partial charge in [0.1, 0.15) is 15.8 Å². The van der Waals surface area contributed by atoms with E-state index in [9.17, 15) is 0 Å². The Morgan fingerprint density at radius 1 is 1.21 bits per heavy atom. The summed E-state index contributed by atoms with van der Waals surface area (Å²) in [5.41, 5.74) is 8.01. The maximum atomic E-state index is 6.05. The largest absolute Gasteiger partial charge is 0.383 e. The van der Waals surface area contributed by atoms with Crippen LogP contribution in [0.25, 0.3) is 21.6 Å². The molecule has 4 nitrogen and oxygen atoms in total. The minimum Gasteiger partial charge on any atom is -0.383 e. The average molecular weight is 291 g/mol. The van der Waals surface area contributed by atoms with Gasteiger partial charge in [0.2, 0.25) is 0 Å². The number of pyridine rings is 1. The van der Waals surface area contributed by atoms with Crippen LogP contribution in [0.3, 0.4) is 0 Å². The van der Waals surface area contributed by atoms with Crippen LogP contribution >= 0.6 is 22.9 Å². The molecule has 0 bridgehead atoms. The molecule has 0 aliphatic rings. The Morgan fingerprint density at radius 3 is 2.68 bits per heavy atom. The monoisotopic (exact) mass is 290 g/mol. The lowest BCUT2D eigenvalue weighted by Gasteiger charge is -2.03. The third-order valence-electron chi connectivity index (χ3n) is 3.04. The Labute approximate surface area is 119 Å². The number of halogens is 1. The summed E-state index contributed by atoms with van der Waals surface area (Å²) in [5, 5.41) is 1.40. The first-order chi connectivity index (χ1) is 9.06. The predicted octanol–water partition coefficient (Wildman–Crippen LogP) is 3.61. The first-order valence-electron chi connectivity index (χ1n) is 5.71. The maximum absolute atomic E-state index is 6.05. The van der Waals surface area contributed by atoms with Crippen LogP contribution in [-0.2, 0) is 0 Å². The highest BCUT2D eigenvalue weighted by Crippen LogP contribution is 2.33. The SMILES string of the molecule is Cc1sc2nc(-c3ccc(Cl)nc3)nc(N)c2c1C. The van der Waals surface area contributed by atoms with E-state index in [4.69, 9.17) is 17.3 Å². The van der Waals surface area contributed by atoms with Gasteiger partial charge < -0.3 is 5.73 Å². The number of rotatable bonds is 1. The number of nitrogens with zero attached hydrogens (tertiary/aromatic N) is 3. The zero-order chi connectivity index (χ0) is 13.6. The molecule has 3 aromatic heterocycles. The summed E-state index contributed by atoms with van der Waals surface area (Å²) in [6, 6.07) is 3.55. The van der Waals surface area contributed by atoms with Gasteiger partial charge in [-0.25, -0.2) is 15.0 Å². The van der Waals surface area contributed by atoms with Gasteiger partial charge >= 0.3 is 0 Å². The van der Waals surface area contributed by atoms with E-state index >= 15 is 0 Å². The maximum Gasteiger partial charge on any atom is 0.164 e. The molecule has 3 rings (SSSR count). The van der Waals surface area contributed by atoms with Gasteiger partial charge in [-0.2, -0.15) is 0 Å². The fourth-order valence-corrected chi connectivity index (χ4v) is 3.07. The van der Waals surface area contributed by atoms with Crippen molar-refractivity contribution in [3.05, 3.63) is 33.9 Å². The Bertz CT molecular complexity index is 764. The van der Waals surface area contributed by atoms with Gasteiger partial charge in [0.25, 0.3) is 0 Å². The lowest BCUT2D eigenvalue weighted by molar-refractivity contribution is 1.22. The average Bonchev–Trinajstić information content (AvgIpc) is 2.66. The number of nitrogens with two attached hydrogens (primary N) is 1. The molecule has 0 saturated heterocycles. The van der Waals surface area contributed by atoms with Gasteiger partial charge in [-0.3, -0.25) is 0 Å². The van der Waals surface area contributed by atoms with Gasteiger partial charge in [-0.1, -0.05) is 11.6 Å². The van der Waals surface area contributed by atoms with E-state index in [-0.39, 0.29) is 0 Å². The first kappa shape index (κ1) is 12.3. The topological polar surface area (TPSA) is 64.7 Å². The number of hydrogen-bond acceptors (Lipinski definition) is 5. The molecular formula is C13H11ClN4S. The zero-order valence-corrected chi connectivity index (χ0v) is 12.0. The second-order valence-electron chi connectivity index (χ2n) is 4.27. The van der Waals surface area contributed by atoms with Crippen molar-refractivity contribution in [2.45, 2.75) is 13.8 Å². The van der Waals surface area contributed by atoms with Crippen LogP contribution in [0.5, 0.6) is 0 Å². The van der Waals surface area contributed by atoms with Gasteiger partial charge in [0.15, 0.2) is 5.82 Å². The summed E-state index contributed by atoms with van der Waals surface area (Å²) >= 11 is 7.40. The van der Waals surface area contributed by atoms with Crippen LogP contribution in [0.15, 0.2) is 18.3 Å². The molecule has 2 N–H and O–H groups in total. The first-order valence-corrected chi connectivity index (χ1v) is 6.91. The van der Waals surface area contributed by atoms with Gasteiger partial charge in [0.05, 0.1) is 5.39 Å². The van der Waals surface area contributed by atoms with E-state index < -0.39 is 0 Å². The van der Waals surface area contributed by atoms with Gasteiger partial charge in [0, 0.05) is 16.6 Å². The highest BCUT2D eigenvalue weighted by atomic mass is 35.5. The molecule has 6 heteroatoms. The van der Waals surface area contributed by atoms with Crippen molar-refractivity contribution in [2.75, 3.05) is 5.73 Å². The normalized spacial score (nSPS) is 11.1. The number of aryl methyl sites for hydroxylation is 2. The molecule has 0 amide bonds. The summed E-state index contributed by atoms with van der Waals surface area (Å²) in [6.07, 6.45) is 1.65. The van der Waals surface area contributed by atoms with Gasteiger partial charge in [-0.05, 0) is 31.5 Å². The third kappa shape index (κ3) is 2.05. The van der Waals surface area contributed by atoms with Crippen molar-refractivity contribution >= 4 is 39.0 Å². The molecule has 0 atom stereocenters. The standard InChI is InChI=1S/C13H11ClN4S/c1-6-7(2)19-13-10(6)11(15)17-12(18-13)8-3-4-9(14)16-5-8/h3-5H,1-2H3,(H2,15,17,18). The van der Waals surface area contributed by atoms with Crippen molar-refractivity contribution in [2.24, 2.45) is 0 Å². The van der Waals surface area contributed by atoms with E-state index in [1.54, 1.807) is 23.6 Å². The molecule has 19 heavy (non-hydrogen) atoms. The molecule has 0 spiro atoms. The van der Waals surface area contributed by atoms with E-state index in [2.05, 4.69) is 21.9 Å². The van der Waals surface area contributed by atoms with E-state index in [0.29, 0.717) is 16.8 Å². The Kier molecular flexibility index (Phi) is 2.88. The highest BCUT2D eigenvalue weighted by Gasteiger charge is 2.13. The number of fused-ring (bicyclic) bond motifs is 1. The lowest BCUT2D eigenvalue weighted by atomic mass is 10.2. The Hall–Kier alpha value is -1.72. The van der Waals surface area contributed by atoms with E-state index in [1.165, 1.54) is 4.88 Å². The minimum absolute atomic E-state index is 0.445. The van der Waals surface area contributed by atoms with Crippen molar-refractivity contribution < 1.29 is 0 Å². The molecule has 0 aliphatic carbocycles. The van der Waals surface area contributed by atoms with Crippen LogP contribution < -0.4 is 5.73 Å². The quantitative estimate of drug-likeness (QED) is 0.695. The zero-order valence-electron chi connectivity index (χ0n) is 10.4. The summed E-state index contributed by atoms with van der Waals surface area (Å²) in [6.45, 7) is 4.10. The molecule has 0 unspecified atom stereocenters. The van der Waals surface area contributed by atoms with Crippen molar-refractivity contribution in [3.63, 3.8) is 0 Å². The van der Waals surface area contributed by atoms with Crippen molar-refractivity contribution in [3.8, 4) is 11.4 Å². The second-order valence-corrected chi connectivity index (χ2v) is 5.86. The molecule has 0 fully saturated rings. The molecule has 0 aliphatic heterocycles. The lowest BCUT2D eigenvalue weighted by Crippen LogP contribution is -1.97. The van der Waals surface area contributed by atoms with Gasteiger partial charge in [-0.15, -0.1) is 11.3 Å². The minimum atomic E-state index is 0.445. The molecule has 3 aromatic rings. The number of anilines is 1. The summed E-state index contributed by atoms with van der Waals surface area (Å²) < 4.78 is 0. The smallest absolute Gasteiger partial charge is 0.164 e. The Balaban J connectivity index is 2.23. The Morgan fingerprint density at radius 2 is 2.00 bits per heavy atom. The summed E-state index contributed by atoms with van der Waals surface area (Å²) in [5.74, 6) is 1.09.